The largest absolute Gasteiger partial charge is 0.452 e. The summed E-state index contributed by atoms with van der Waals surface area (Å²) in [6.07, 6.45) is 1.42. The van der Waals surface area contributed by atoms with Crippen molar-refractivity contribution in [3.05, 3.63) is 105 Å². The second-order valence-corrected chi connectivity index (χ2v) is 6.35. The molecule has 0 spiro atoms. The zero-order valence-corrected chi connectivity index (χ0v) is 15.2. The number of Topliss-reactive ketones (excluding diaryl/α,β-unsaturated/α-hetero) is 1. The van der Waals surface area contributed by atoms with Gasteiger partial charge in [0.1, 0.15) is 17.3 Å². The molecule has 3 aromatic carbocycles. The highest BCUT2D eigenvalue weighted by atomic mass is 19.1. The maximum absolute atomic E-state index is 13.3. The summed E-state index contributed by atoms with van der Waals surface area (Å²) in [4.78, 5) is 35.0. The summed E-state index contributed by atoms with van der Waals surface area (Å²) in [6, 6.07) is 15.1. The summed E-state index contributed by atoms with van der Waals surface area (Å²) in [6.45, 7) is 0. The first-order chi connectivity index (χ1) is 14.4. The Hall–Kier alpha value is -4.33. The average Bonchev–Trinajstić information content (AvgIpc) is 3.03. The SMILES string of the molecule is O=C(Oc1ccc2c(c1)OC(=Cc1cccc(F)c1)C2=O)c1cccc([N+](=O)[O-])c1. The molecule has 148 valence electrons. The van der Waals surface area contributed by atoms with E-state index in [-0.39, 0.29) is 39.9 Å². The van der Waals surface area contributed by atoms with Gasteiger partial charge >= 0.3 is 5.97 Å². The number of benzene rings is 3. The first-order valence-corrected chi connectivity index (χ1v) is 8.71. The van der Waals surface area contributed by atoms with Gasteiger partial charge in [0.25, 0.3) is 5.69 Å². The first-order valence-electron chi connectivity index (χ1n) is 8.71. The molecular formula is C22H12FNO6. The fourth-order valence-electron chi connectivity index (χ4n) is 2.89. The van der Waals surface area contributed by atoms with E-state index in [1.54, 1.807) is 6.07 Å². The number of halogens is 1. The van der Waals surface area contributed by atoms with Gasteiger partial charge in [-0.3, -0.25) is 14.9 Å². The Morgan fingerprint density at radius 1 is 1.07 bits per heavy atom. The summed E-state index contributed by atoms with van der Waals surface area (Å²) in [7, 11) is 0. The van der Waals surface area contributed by atoms with Crippen LogP contribution < -0.4 is 9.47 Å². The molecule has 0 bridgehead atoms. The highest BCUT2D eigenvalue weighted by Crippen LogP contribution is 2.35. The average molecular weight is 405 g/mol. The Labute approximate surface area is 169 Å². The highest BCUT2D eigenvalue weighted by molar-refractivity contribution is 6.14. The molecule has 1 aliphatic rings. The number of carbonyl (C=O) groups is 2. The maximum atomic E-state index is 13.3. The van der Waals surface area contributed by atoms with Crippen molar-refractivity contribution in [3.63, 3.8) is 0 Å². The lowest BCUT2D eigenvalue weighted by Crippen LogP contribution is -2.08. The number of allylic oxidation sites excluding steroid dienone is 1. The summed E-state index contributed by atoms with van der Waals surface area (Å²) in [5.41, 5.74) is 0.504. The molecule has 0 atom stereocenters. The monoisotopic (exact) mass is 405 g/mol. The van der Waals surface area contributed by atoms with E-state index in [1.165, 1.54) is 60.7 Å². The zero-order valence-electron chi connectivity index (χ0n) is 15.2. The molecule has 0 aliphatic carbocycles. The number of ether oxygens (including phenoxy) is 2. The quantitative estimate of drug-likeness (QED) is 0.207. The van der Waals surface area contributed by atoms with Crippen molar-refractivity contribution in [2.24, 2.45) is 0 Å². The van der Waals surface area contributed by atoms with Crippen LogP contribution in [-0.4, -0.2) is 16.7 Å². The number of non-ortho nitro benzene ring substituents is 1. The Kier molecular flexibility index (Phi) is 4.81. The molecule has 7 nitrogen and oxygen atoms in total. The Bertz CT molecular complexity index is 1230. The zero-order chi connectivity index (χ0) is 21.3. The van der Waals surface area contributed by atoms with Crippen LogP contribution >= 0.6 is 0 Å². The van der Waals surface area contributed by atoms with E-state index in [0.29, 0.717) is 5.56 Å². The summed E-state index contributed by atoms with van der Waals surface area (Å²) < 4.78 is 24.1. The van der Waals surface area contributed by atoms with E-state index in [1.807, 2.05) is 0 Å². The maximum Gasteiger partial charge on any atom is 0.343 e. The lowest BCUT2D eigenvalue weighted by Gasteiger charge is -2.05. The van der Waals surface area contributed by atoms with Crippen LogP contribution in [0.5, 0.6) is 11.5 Å². The van der Waals surface area contributed by atoms with Crippen molar-refractivity contribution in [2.45, 2.75) is 0 Å². The molecule has 8 heteroatoms. The smallest absolute Gasteiger partial charge is 0.343 e. The van der Waals surface area contributed by atoms with E-state index in [0.717, 1.165) is 6.07 Å². The number of nitro groups is 1. The first kappa shape index (κ1) is 19.0. The van der Waals surface area contributed by atoms with E-state index in [4.69, 9.17) is 9.47 Å². The van der Waals surface area contributed by atoms with E-state index in [2.05, 4.69) is 0 Å². The molecule has 0 unspecified atom stereocenters. The van der Waals surface area contributed by atoms with Crippen LogP contribution in [0.4, 0.5) is 10.1 Å². The fourth-order valence-corrected chi connectivity index (χ4v) is 2.89. The predicted octanol–water partition coefficient (Wildman–Crippen LogP) is 4.57. The van der Waals surface area contributed by atoms with Crippen molar-refractivity contribution >= 4 is 23.5 Å². The number of rotatable bonds is 4. The molecule has 0 saturated carbocycles. The van der Waals surface area contributed by atoms with Gasteiger partial charge in [-0.2, -0.15) is 0 Å². The van der Waals surface area contributed by atoms with Gasteiger partial charge in [0.2, 0.25) is 5.78 Å². The second kappa shape index (κ2) is 7.59. The number of nitro benzene ring substituents is 1. The Morgan fingerprint density at radius 2 is 1.87 bits per heavy atom. The number of hydrogen-bond donors (Lipinski definition) is 0. The second-order valence-electron chi connectivity index (χ2n) is 6.35. The van der Waals surface area contributed by atoms with Gasteiger partial charge in [0.15, 0.2) is 5.76 Å². The van der Waals surface area contributed by atoms with Crippen LogP contribution in [0.2, 0.25) is 0 Å². The van der Waals surface area contributed by atoms with Crippen LogP contribution in [0, 0.1) is 15.9 Å². The number of hydrogen-bond acceptors (Lipinski definition) is 6. The van der Waals surface area contributed by atoms with E-state index < -0.39 is 16.7 Å². The van der Waals surface area contributed by atoms with Crippen molar-refractivity contribution in [1.82, 2.24) is 0 Å². The van der Waals surface area contributed by atoms with E-state index in [9.17, 15) is 24.1 Å². The lowest BCUT2D eigenvalue weighted by molar-refractivity contribution is -0.384. The van der Waals surface area contributed by atoms with Crippen LogP contribution in [-0.2, 0) is 0 Å². The van der Waals surface area contributed by atoms with Crippen molar-refractivity contribution in [3.8, 4) is 11.5 Å². The van der Waals surface area contributed by atoms with Gasteiger partial charge in [-0.15, -0.1) is 0 Å². The molecule has 0 saturated heterocycles. The number of nitrogens with zero attached hydrogens (tertiary/aromatic N) is 1. The van der Waals surface area contributed by atoms with Crippen LogP contribution in [0.25, 0.3) is 6.08 Å². The van der Waals surface area contributed by atoms with Crippen molar-refractivity contribution < 1.29 is 28.4 Å². The summed E-state index contributed by atoms with van der Waals surface area (Å²) >= 11 is 0. The van der Waals surface area contributed by atoms with Gasteiger partial charge in [-0.25, -0.2) is 9.18 Å². The van der Waals surface area contributed by atoms with Crippen LogP contribution in [0.3, 0.4) is 0 Å². The minimum absolute atomic E-state index is 0.00776. The normalized spacial score (nSPS) is 13.6. The number of esters is 1. The molecule has 0 fully saturated rings. The lowest BCUT2D eigenvalue weighted by atomic mass is 10.1. The van der Waals surface area contributed by atoms with Gasteiger partial charge < -0.3 is 9.47 Å². The molecule has 30 heavy (non-hydrogen) atoms. The highest BCUT2D eigenvalue weighted by Gasteiger charge is 2.28. The van der Waals surface area contributed by atoms with Crippen LogP contribution in [0.1, 0.15) is 26.3 Å². The Morgan fingerprint density at radius 3 is 2.63 bits per heavy atom. The summed E-state index contributed by atoms with van der Waals surface area (Å²) in [5.74, 6) is -1.32. The van der Waals surface area contributed by atoms with Gasteiger partial charge in [-0.1, -0.05) is 18.2 Å². The molecular weight excluding hydrogens is 393 g/mol. The van der Waals surface area contributed by atoms with Gasteiger partial charge in [0.05, 0.1) is 16.1 Å². The Balaban J connectivity index is 1.55. The van der Waals surface area contributed by atoms with E-state index >= 15 is 0 Å². The number of carbonyl (C=O) groups excluding carboxylic acids is 2. The molecule has 0 amide bonds. The van der Waals surface area contributed by atoms with Crippen LogP contribution in [0.15, 0.2) is 72.5 Å². The molecule has 1 heterocycles. The molecule has 3 aromatic rings. The van der Waals surface area contributed by atoms with Gasteiger partial charge in [0, 0.05) is 18.2 Å². The minimum Gasteiger partial charge on any atom is -0.452 e. The van der Waals surface area contributed by atoms with Gasteiger partial charge in [-0.05, 0) is 42.0 Å². The minimum atomic E-state index is -0.793. The standard InChI is InChI=1S/C22H12FNO6/c23-15-5-1-3-13(9-15)10-20-21(25)18-8-7-17(12-19(18)30-20)29-22(26)14-4-2-6-16(11-14)24(27)28/h1-12H. The summed E-state index contributed by atoms with van der Waals surface area (Å²) in [5, 5.41) is 10.9. The molecule has 1 aliphatic heterocycles. The fraction of sp³-hybridized carbons (Fsp3) is 0. The number of fused-ring (bicyclic) bond motifs is 1. The topological polar surface area (TPSA) is 95.7 Å². The predicted molar refractivity (Wildman–Crippen MR) is 104 cm³/mol. The van der Waals surface area contributed by atoms with Crippen molar-refractivity contribution in [1.29, 1.82) is 0 Å². The third kappa shape index (κ3) is 3.79. The van der Waals surface area contributed by atoms with Crippen molar-refractivity contribution in [2.75, 3.05) is 0 Å². The molecule has 0 aromatic heterocycles. The third-order valence-corrected chi connectivity index (χ3v) is 4.29. The molecule has 0 N–H and O–H groups in total. The number of ketones is 1. The third-order valence-electron chi connectivity index (χ3n) is 4.29. The molecule has 4 rings (SSSR count). The molecule has 0 radical (unpaired) electrons.